The summed E-state index contributed by atoms with van der Waals surface area (Å²) >= 11 is 1.67. The Bertz CT molecular complexity index is 577. The van der Waals surface area contributed by atoms with E-state index in [1.807, 2.05) is 22.3 Å². The van der Waals surface area contributed by atoms with Gasteiger partial charge in [-0.3, -0.25) is 9.13 Å². The minimum atomic E-state index is 0.0959. The first-order valence-electron chi connectivity index (χ1n) is 5.98. The van der Waals surface area contributed by atoms with E-state index < -0.39 is 0 Å². The molecule has 0 aliphatic heterocycles. The van der Waals surface area contributed by atoms with E-state index in [9.17, 15) is 4.79 Å². The van der Waals surface area contributed by atoms with Crippen molar-refractivity contribution in [3.05, 3.63) is 39.0 Å². The van der Waals surface area contributed by atoms with Gasteiger partial charge in [0.25, 0.3) is 0 Å². The molecule has 2 aromatic heterocycles. The van der Waals surface area contributed by atoms with Gasteiger partial charge in [0, 0.05) is 23.8 Å². The summed E-state index contributed by atoms with van der Waals surface area (Å²) in [5, 5.41) is 3.18. The number of hydrogen-bond acceptors (Lipinski definition) is 3. The number of aryl methyl sites for hydroxylation is 1. The van der Waals surface area contributed by atoms with E-state index in [4.69, 9.17) is 0 Å². The summed E-state index contributed by atoms with van der Waals surface area (Å²) in [7, 11) is 0. The zero-order valence-electron chi connectivity index (χ0n) is 9.80. The van der Waals surface area contributed by atoms with E-state index in [0.29, 0.717) is 12.6 Å². The van der Waals surface area contributed by atoms with Gasteiger partial charge in [0.05, 0.1) is 17.2 Å². The van der Waals surface area contributed by atoms with Gasteiger partial charge in [0.2, 0.25) is 0 Å². The van der Waals surface area contributed by atoms with Crippen LogP contribution in [0.4, 0.5) is 0 Å². The van der Waals surface area contributed by atoms with Crippen LogP contribution in [0.15, 0.2) is 22.6 Å². The highest BCUT2D eigenvalue weighted by atomic mass is 32.1. The molecule has 3 rings (SSSR count). The molecule has 0 radical (unpaired) electrons. The van der Waals surface area contributed by atoms with Gasteiger partial charge in [0.15, 0.2) is 0 Å². The predicted molar refractivity (Wildman–Crippen MR) is 67.6 cm³/mol. The fraction of sp³-hybridized carbons (Fsp3) is 0.500. The van der Waals surface area contributed by atoms with Gasteiger partial charge >= 0.3 is 5.69 Å². The molecule has 17 heavy (non-hydrogen) atoms. The predicted octanol–water partition coefficient (Wildman–Crippen LogP) is 2.05. The maximum atomic E-state index is 12.0. The van der Waals surface area contributed by atoms with Crippen LogP contribution < -0.4 is 5.69 Å². The molecule has 0 bridgehead atoms. The van der Waals surface area contributed by atoms with Gasteiger partial charge in [-0.2, -0.15) is 0 Å². The standard InChI is InChI=1S/C12H15N3OS/c1-2-11-13-9(8-17-11)7-14-5-6-15(12(14)16)10-3-4-10/h5-6,8,10H,2-4,7H2,1H3. The van der Waals surface area contributed by atoms with E-state index in [2.05, 4.69) is 11.9 Å². The van der Waals surface area contributed by atoms with Crippen LogP contribution in [0.3, 0.4) is 0 Å². The van der Waals surface area contributed by atoms with Crippen molar-refractivity contribution < 1.29 is 0 Å². The number of hydrogen-bond donors (Lipinski definition) is 0. The number of imidazole rings is 1. The van der Waals surface area contributed by atoms with Crippen molar-refractivity contribution in [3.8, 4) is 0 Å². The van der Waals surface area contributed by atoms with E-state index in [-0.39, 0.29) is 5.69 Å². The molecule has 0 N–H and O–H groups in total. The molecule has 5 heteroatoms. The summed E-state index contributed by atoms with van der Waals surface area (Å²) in [6.07, 6.45) is 7.00. The van der Waals surface area contributed by atoms with Gasteiger partial charge in [0.1, 0.15) is 0 Å². The SMILES string of the molecule is CCc1nc(Cn2ccn(C3CC3)c2=O)cs1. The molecule has 1 fully saturated rings. The van der Waals surface area contributed by atoms with Crippen LogP contribution in [0.5, 0.6) is 0 Å². The highest BCUT2D eigenvalue weighted by Gasteiger charge is 2.25. The molecule has 4 nitrogen and oxygen atoms in total. The zero-order chi connectivity index (χ0) is 11.8. The van der Waals surface area contributed by atoms with Crippen LogP contribution in [-0.2, 0) is 13.0 Å². The lowest BCUT2D eigenvalue weighted by atomic mass is 10.4. The molecule has 0 unspecified atom stereocenters. The van der Waals surface area contributed by atoms with Crippen molar-refractivity contribution in [2.24, 2.45) is 0 Å². The third-order valence-corrected chi connectivity index (χ3v) is 4.09. The van der Waals surface area contributed by atoms with Gasteiger partial charge in [-0.15, -0.1) is 11.3 Å². The van der Waals surface area contributed by atoms with Crippen molar-refractivity contribution in [2.75, 3.05) is 0 Å². The van der Waals surface area contributed by atoms with E-state index in [1.54, 1.807) is 15.9 Å². The van der Waals surface area contributed by atoms with Crippen molar-refractivity contribution >= 4 is 11.3 Å². The smallest absolute Gasteiger partial charge is 0.296 e. The average molecular weight is 249 g/mol. The Morgan fingerprint density at radius 1 is 1.47 bits per heavy atom. The Hall–Kier alpha value is -1.36. The van der Waals surface area contributed by atoms with Gasteiger partial charge < -0.3 is 0 Å². The second-order valence-corrected chi connectivity index (χ2v) is 5.38. The van der Waals surface area contributed by atoms with Gasteiger partial charge in [-0.25, -0.2) is 9.78 Å². The molecule has 2 heterocycles. The maximum Gasteiger partial charge on any atom is 0.328 e. The van der Waals surface area contributed by atoms with Crippen molar-refractivity contribution in [1.29, 1.82) is 0 Å². The fourth-order valence-corrected chi connectivity index (χ4v) is 2.67. The highest BCUT2D eigenvalue weighted by Crippen LogP contribution is 2.33. The number of thiazole rings is 1. The first-order valence-corrected chi connectivity index (χ1v) is 6.86. The van der Waals surface area contributed by atoms with Gasteiger partial charge in [-0.1, -0.05) is 6.92 Å². The third-order valence-electron chi connectivity index (χ3n) is 3.05. The minimum Gasteiger partial charge on any atom is -0.296 e. The monoisotopic (exact) mass is 249 g/mol. The van der Waals surface area contributed by atoms with Crippen LogP contribution in [0.1, 0.15) is 36.5 Å². The highest BCUT2D eigenvalue weighted by molar-refractivity contribution is 7.09. The van der Waals surface area contributed by atoms with E-state index in [0.717, 1.165) is 30.0 Å². The largest absolute Gasteiger partial charge is 0.328 e. The molecule has 2 aromatic rings. The number of nitrogens with zero attached hydrogens (tertiary/aromatic N) is 3. The molecule has 90 valence electrons. The second kappa shape index (κ2) is 4.14. The quantitative estimate of drug-likeness (QED) is 0.832. The Kier molecular flexibility index (Phi) is 2.63. The first-order chi connectivity index (χ1) is 8.28. The van der Waals surface area contributed by atoms with Gasteiger partial charge in [-0.05, 0) is 19.3 Å². The molecular weight excluding hydrogens is 234 g/mol. The summed E-state index contributed by atoms with van der Waals surface area (Å²) in [5.74, 6) is 0. The lowest BCUT2D eigenvalue weighted by Crippen LogP contribution is -2.23. The van der Waals surface area contributed by atoms with Crippen molar-refractivity contribution in [1.82, 2.24) is 14.1 Å². The molecule has 0 spiro atoms. The Morgan fingerprint density at radius 2 is 2.29 bits per heavy atom. The first kappa shape index (κ1) is 10.8. The van der Waals surface area contributed by atoms with E-state index >= 15 is 0 Å². The summed E-state index contributed by atoms with van der Waals surface area (Å²) < 4.78 is 3.58. The zero-order valence-corrected chi connectivity index (χ0v) is 10.6. The number of rotatable bonds is 4. The topological polar surface area (TPSA) is 39.8 Å². The molecule has 0 saturated heterocycles. The third kappa shape index (κ3) is 2.07. The average Bonchev–Trinajstić information content (AvgIpc) is 2.97. The lowest BCUT2D eigenvalue weighted by Gasteiger charge is -1.98. The van der Waals surface area contributed by atoms with E-state index in [1.165, 1.54) is 0 Å². The molecule has 1 aliphatic rings. The normalized spacial score (nSPS) is 15.4. The molecule has 1 aliphatic carbocycles. The Morgan fingerprint density at radius 3 is 2.94 bits per heavy atom. The molecule has 0 amide bonds. The molecular formula is C12H15N3OS. The molecule has 1 saturated carbocycles. The summed E-state index contributed by atoms with van der Waals surface area (Å²) in [6.45, 7) is 2.69. The van der Waals surface area contributed by atoms with Crippen molar-refractivity contribution in [2.45, 2.75) is 38.8 Å². The lowest BCUT2D eigenvalue weighted by molar-refractivity contribution is 0.651. The Balaban J connectivity index is 1.82. The van der Waals surface area contributed by atoms with Crippen LogP contribution in [-0.4, -0.2) is 14.1 Å². The molecule has 0 aromatic carbocycles. The summed E-state index contributed by atoms with van der Waals surface area (Å²) in [6, 6.07) is 0.449. The maximum absolute atomic E-state index is 12.0. The summed E-state index contributed by atoms with van der Waals surface area (Å²) in [5.41, 5.74) is 1.08. The van der Waals surface area contributed by atoms with Crippen molar-refractivity contribution in [3.63, 3.8) is 0 Å². The van der Waals surface area contributed by atoms with Crippen LogP contribution >= 0.6 is 11.3 Å². The van der Waals surface area contributed by atoms with Crippen LogP contribution in [0.25, 0.3) is 0 Å². The number of aromatic nitrogens is 3. The Labute approximate surface area is 104 Å². The van der Waals surface area contributed by atoms with Crippen LogP contribution in [0.2, 0.25) is 0 Å². The summed E-state index contributed by atoms with van der Waals surface area (Å²) in [4.78, 5) is 16.5. The minimum absolute atomic E-state index is 0.0959. The fourth-order valence-electron chi connectivity index (χ4n) is 1.94. The second-order valence-electron chi connectivity index (χ2n) is 4.43. The van der Waals surface area contributed by atoms with Crippen LogP contribution in [0, 0.1) is 0 Å². The molecule has 0 atom stereocenters.